The number of aliphatic imine (C=N–C) groups is 1. The Balaban J connectivity index is 1.82. The third kappa shape index (κ3) is 3.57. The van der Waals surface area contributed by atoms with E-state index in [1.165, 1.54) is 11.4 Å². The summed E-state index contributed by atoms with van der Waals surface area (Å²) in [6, 6.07) is 11.1. The highest BCUT2D eigenvalue weighted by Gasteiger charge is 2.21. The van der Waals surface area contributed by atoms with Gasteiger partial charge < -0.3 is 11.1 Å². The fraction of sp³-hybridized carbons (Fsp3) is 0.533. The fourth-order valence-electron chi connectivity index (χ4n) is 2.40. The van der Waals surface area contributed by atoms with E-state index in [2.05, 4.69) is 47.6 Å². The minimum atomic E-state index is 0.468. The number of rotatable bonds is 6. The Kier molecular flexibility index (Phi) is 4.76. The highest BCUT2D eigenvalue weighted by atomic mass is 15.1. The Morgan fingerprint density at radius 2 is 2.17 bits per heavy atom. The lowest BCUT2D eigenvalue weighted by Crippen LogP contribution is -2.34. The zero-order chi connectivity index (χ0) is 12.8. The Morgan fingerprint density at radius 1 is 1.39 bits per heavy atom. The van der Waals surface area contributed by atoms with Gasteiger partial charge in [-0.1, -0.05) is 37.3 Å². The largest absolute Gasteiger partial charge is 0.369 e. The summed E-state index contributed by atoms with van der Waals surface area (Å²) >= 11 is 0. The molecular formula is C15H23N3. The normalized spacial score (nSPS) is 20.3. The van der Waals surface area contributed by atoms with Gasteiger partial charge in [-0.2, -0.15) is 0 Å². The second-order valence-corrected chi connectivity index (χ2v) is 5.09. The van der Waals surface area contributed by atoms with Gasteiger partial charge in [0.2, 0.25) is 0 Å². The predicted molar refractivity (Wildman–Crippen MR) is 76.8 cm³/mol. The first-order valence-corrected chi connectivity index (χ1v) is 6.84. The van der Waals surface area contributed by atoms with Crippen LogP contribution in [0.2, 0.25) is 0 Å². The molecule has 2 atom stereocenters. The molecule has 0 unspecified atom stereocenters. The second-order valence-electron chi connectivity index (χ2n) is 5.09. The molecule has 0 saturated heterocycles. The van der Waals surface area contributed by atoms with Crippen molar-refractivity contribution in [2.75, 3.05) is 13.1 Å². The van der Waals surface area contributed by atoms with E-state index < -0.39 is 0 Å². The number of nitrogens with two attached hydrogens (primary N) is 1. The van der Waals surface area contributed by atoms with Gasteiger partial charge >= 0.3 is 0 Å². The van der Waals surface area contributed by atoms with Crippen LogP contribution < -0.4 is 11.1 Å². The van der Waals surface area contributed by atoms with Crippen molar-refractivity contribution in [3.63, 3.8) is 0 Å². The van der Waals surface area contributed by atoms with Gasteiger partial charge in [-0.3, -0.25) is 4.99 Å². The maximum absolute atomic E-state index is 5.54. The van der Waals surface area contributed by atoms with Crippen LogP contribution in [0, 0.1) is 5.92 Å². The van der Waals surface area contributed by atoms with E-state index in [9.17, 15) is 0 Å². The van der Waals surface area contributed by atoms with E-state index >= 15 is 0 Å². The van der Waals surface area contributed by atoms with Gasteiger partial charge in [-0.25, -0.2) is 0 Å². The number of hydrogen-bond donors (Lipinski definition) is 2. The van der Waals surface area contributed by atoms with Crippen LogP contribution in [0.15, 0.2) is 35.3 Å². The van der Waals surface area contributed by atoms with Crippen LogP contribution >= 0.6 is 0 Å². The second kappa shape index (κ2) is 6.55. The van der Waals surface area contributed by atoms with E-state index in [0.29, 0.717) is 12.0 Å². The van der Waals surface area contributed by atoms with Crippen LogP contribution in [0.4, 0.5) is 0 Å². The highest BCUT2D eigenvalue weighted by Crippen LogP contribution is 2.13. The molecule has 0 spiro atoms. The molecule has 1 aromatic carbocycles. The Bertz CT molecular complexity index is 386. The van der Waals surface area contributed by atoms with Crippen LogP contribution in [0.3, 0.4) is 0 Å². The molecule has 0 aliphatic carbocycles. The van der Waals surface area contributed by atoms with E-state index in [-0.39, 0.29) is 0 Å². The maximum atomic E-state index is 5.54. The zero-order valence-corrected chi connectivity index (χ0v) is 11.1. The van der Waals surface area contributed by atoms with Crippen LogP contribution in [0.1, 0.15) is 25.3 Å². The monoisotopic (exact) mass is 245 g/mol. The van der Waals surface area contributed by atoms with Gasteiger partial charge in [0.15, 0.2) is 0 Å². The molecule has 3 N–H and O–H groups in total. The number of nitrogens with zero attached hydrogens (tertiary/aromatic N) is 1. The molecule has 18 heavy (non-hydrogen) atoms. The summed E-state index contributed by atoms with van der Waals surface area (Å²) in [5, 5.41) is 3.54. The van der Waals surface area contributed by atoms with E-state index in [4.69, 9.17) is 5.73 Å². The first-order chi connectivity index (χ1) is 8.79. The maximum Gasteiger partial charge on any atom is 0.0998 e. The van der Waals surface area contributed by atoms with Gasteiger partial charge in [-0.05, 0) is 31.4 Å². The lowest BCUT2D eigenvalue weighted by Gasteiger charge is -2.16. The van der Waals surface area contributed by atoms with Crippen molar-refractivity contribution in [1.29, 1.82) is 0 Å². The molecule has 3 nitrogen and oxygen atoms in total. The van der Waals surface area contributed by atoms with Crippen molar-refractivity contribution in [3.05, 3.63) is 35.9 Å². The fourth-order valence-corrected chi connectivity index (χ4v) is 2.40. The topological polar surface area (TPSA) is 50.4 Å². The van der Waals surface area contributed by atoms with Gasteiger partial charge in [0.25, 0.3) is 0 Å². The van der Waals surface area contributed by atoms with Crippen LogP contribution in [0.25, 0.3) is 0 Å². The standard InChI is InChI=1S/C15H23N3/c1-12(10-13-6-3-2-4-7-13)15-17-11-14(18-15)8-5-9-16/h2-4,6-7,12,14H,5,8-11,16H2,1H3,(H,17,18)/t12-,14-/m0/s1. The molecule has 0 radical (unpaired) electrons. The number of hydrogen-bond acceptors (Lipinski definition) is 3. The van der Waals surface area contributed by atoms with Crippen LogP contribution in [-0.2, 0) is 6.42 Å². The molecule has 0 aromatic heterocycles. The van der Waals surface area contributed by atoms with Gasteiger partial charge in [0, 0.05) is 12.0 Å². The smallest absolute Gasteiger partial charge is 0.0998 e. The summed E-state index contributed by atoms with van der Waals surface area (Å²) in [4.78, 5) is 4.63. The van der Waals surface area contributed by atoms with E-state index in [0.717, 1.165) is 32.4 Å². The summed E-state index contributed by atoms with van der Waals surface area (Å²) in [7, 11) is 0. The highest BCUT2D eigenvalue weighted by molar-refractivity contribution is 5.86. The number of amidine groups is 1. The molecule has 0 amide bonds. The zero-order valence-electron chi connectivity index (χ0n) is 11.1. The Hall–Kier alpha value is -1.35. The van der Waals surface area contributed by atoms with Gasteiger partial charge in [-0.15, -0.1) is 0 Å². The summed E-state index contributed by atoms with van der Waals surface area (Å²) in [6.07, 6.45) is 3.26. The van der Waals surface area contributed by atoms with Crippen molar-refractivity contribution in [2.45, 2.75) is 32.2 Å². The van der Waals surface area contributed by atoms with Gasteiger partial charge in [0.1, 0.15) is 0 Å². The van der Waals surface area contributed by atoms with Gasteiger partial charge in [0.05, 0.1) is 12.4 Å². The molecule has 1 aromatic rings. The molecule has 1 heterocycles. The van der Waals surface area contributed by atoms with E-state index in [1.54, 1.807) is 0 Å². The third-order valence-corrected chi connectivity index (χ3v) is 3.44. The van der Waals surface area contributed by atoms with E-state index in [1.807, 2.05) is 0 Å². The molecule has 98 valence electrons. The number of benzene rings is 1. The minimum Gasteiger partial charge on any atom is -0.369 e. The average Bonchev–Trinajstić information content (AvgIpc) is 2.86. The SMILES string of the molecule is C[C@@H](Cc1ccccc1)C1=NC[C@H](CCCN)N1. The van der Waals surface area contributed by atoms with Crippen LogP contribution in [-0.4, -0.2) is 25.0 Å². The quantitative estimate of drug-likeness (QED) is 0.805. The minimum absolute atomic E-state index is 0.468. The molecule has 0 saturated carbocycles. The Labute approximate surface area is 109 Å². The molecule has 0 bridgehead atoms. The Morgan fingerprint density at radius 3 is 2.89 bits per heavy atom. The van der Waals surface area contributed by atoms with Crippen molar-refractivity contribution >= 4 is 5.84 Å². The molecule has 3 heteroatoms. The van der Waals surface area contributed by atoms with Crippen molar-refractivity contribution in [1.82, 2.24) is 5.32 Å². The average molecular weight is 245 g/mol. The van der Waals surface area contributed by atoms with Crippen LogP contribution in [0.5, 0.6) is 0 Å². The lowest BCUT2D eigenvalue weighted by molar-refractivity contribution is 0.569. The predicted octanol–water partition coefficient (Wildman–Crippen LogP) is 1.97. The summed E-state index contributed by atoms with van der Waals surface area (Å²) < 4.78 is 0. The first-order valence-electron chi connectivity index (χ1n) is 6.84. The van der Waals surface area contributed by atoms with Crippen molar-refractivity contribution < 1.29 is 0 Å². The molecule has 0 fully saturated rings. The van der Waals surface area contributed by atoms with Crippen molar-refractivity contribution in [2.24, 2.45) is 16.6 Å². The summed E-state index contributed by atoms with van der Waals surface area (Å²) in [6.45, 7) is 3.92. The number of nitrogens with one attached hydrogen (secondary N) is 1. The molecule has 1 aliphatic rings. The molecule has 1 aliphatic heterocycles. The molecular weight excluding hydrogens is 222 g/mol. The third-order valence-electron chi connectivity index (χ3n) is 3.44. The summed E-state index contributed by atoms with van der Waals surface area (Å²) in [5.41, 5.74) is 6.91. The van der Waals surface area contributed by atoms with Crippen molar-refractivity contribution in [3.8, 4) is 0 Å². The summed E-state index contributed by atoms with van der Waals surface area (Å²) in [5.74, 6) is 1.64. The molecule has 2 rings (SSSR count). The first kappa shape index (κ1) is 13.1. The lowest BCUT2D eigenvalue weighted by atomic mass is 10.00.